The number of hydrogen-bond acceptors (Lipinski definition) is 5. The number of nitrogens with zero attached hydrogens (tertiary/aromatic N) is 2. The molecule has 0 saturated carbocycles. The molecule has 1 saturated heterocycles. The second-order valence-corrected chi connectivity index (χ2v) is 7.26. The van der Waals surface area contributed by atoms with Gasteiger partial charge in [0.15, 0.2) is 6.61 Å². The Labute approximate surface area is 178 Å². The normalized spacial score (nSPS) is 14.2. The topological polar surface area (TPSA) is 73.9 Å². The second-order valence-electron chi connectivity index (χ2n) is 7.26. The summed E-state index contributed by atoms with van der Waals surface area (Å²) in [6, 6.07) is 18.0. The summed E-state index contributed by atoms with van der Waals surface area (Å²) in [4.78, 5) is 28.6. The van der Waals surface area contributed by atoms with Crippen molar-refractivity contribution in [3.8, 4) is 5.75 Å². The molecule has 0 radical (unpaired) electrons. The number of benzene rings is 2. The Morgan fingerprint density at radius 3 is 2.30 bits per heavy atom. The maximum Gasteiger partial charge on any atom is 0.276 e. The summed E-state index contributed by atoms with van der Waals surface area (Å²) in [7, 11) is 0. The third-order valence-corrected chi connectivity index (χ3v) is 5.20. The lowest BCUT2D eigenvalue weighted by molar-refractivity contribution is -0.130. The molecule has 2 amide bonds. The lowest BCUT2D eigenvalue weighted by atomic mass is 10.1. The van der Waals surface area contributed by atoms with E-state index in [1.807, 2.05) is 49.4 Å². The molecule has 7 heteroatoms. The molecular formula is C23H30N4O3. The highest BCUT2D eigenvalue weighted by Crippen LogP contribution is 2.18. The van der Waals surface area contributed by atoms with Crippen LogP contribution in [0.1, 0.15) is 18.9 Å². The van der Waals surface area contributed by atoms with E-state index in [0.717, 1.165) is 38.2 Å². The van der Waals surface area contributed by atoms with Crippen molar-refractivity contribution < 1.29 is 14.3 Å². The van der Waals surface area contributed by atoms with Crippen LogP contribution in [0.2, 0.25) is 0 Å². The summed E-state index contributed by atoms with van der Waals surface area (Å²) in [6.07, 6.45) is 1.17. The number of hydrogen-bond donors (Lipinski definition) is 2. The second kappa shape index (κ2) is 11.2. The van der Waals surface area contributed by atoms with Crippen molar-refractivity contribution in [2.45, 2.75) is 19.8 Å². The minimum absolute atomic E-state index is 0.140. The number of hydrazine groups is 1. The molecule has 2 aromatic rings. The zero-order valence-corrected chi connectivity index (χ0v) is 17.5. The van der Waals surface area contributed by atoms with E-state index < -0.39 is 0 Å². The zero-order chi connectivity index (χ0) is 21.2. The van der Waals surface area contributed by atoms with Crippen LogP contribution in [0, 0.1) is 0 Å². The van der Waals surface area contributed by atoms with E-state index in [1.54, 1.807) is 0 Å². The maximum absolute atomic E-state index is 12.0. The van der Waals surface area contributed by atoms with Gasteiger partial charge in [0, 0.05) is 44.8 Å². The zero-order valence-electron chi connectivity index (χ0n) is 17.5. The van der Waals surface area contributed by atoms with Gasteiger partial charge >= 0.3 is 0 Å². The molecule has 1 aliphatic heterocycles. The molecule has 3 rings (SSSR count). The van der Waals surface area contributed by atoms with E-state index in [2.05, 4.69) is 32.8 Å². The fraction of sp³-hybridized carbons (Fsp3) is 0.391. The first-order chi connectivity index (χ1) is 14.7. The minimum atomic E-state index is -0.384. The van der Waals surface area contributed by atoms with Crippen LogP contribution in [0.4, 0.5) is 5.69 Å². The van der Waals surface area contributed by atoms with Crippen LogP contribution in [-0.2, 0) is 16.0 Å². The van der Waals surface area contributed by atoms with Gasteiger partial charge in [-0.15, -0.1) is 0 Å². The number of piperazine rings is 1. The van der Waals surface area contributed by atoms with Gasteiger partial charge in [-0.2, -0.15) is 0 Å². The quantitative estimate of drug-likeness (QED) is 0.651. The summed E-state index contributed by atoms with van der Waals surface area (Å²) >= 11 is 0. The Balaban J connectivity index is 1.30. The molecule has 2 N–H and O–H groups in total. The van der Waals surface area contributed by atoms with E-state index in [1.165, 1.54) is 5.69 Å². The molecule has 2 aromatic carbocycles. The third kappa shape index (κ3) is 6.49. The highest BCUT2D eigenvalue weighted by atomic mass is 16.5. The Hall–Kier alpha value is -3.06. The smallest absolute Gasteiger partial charge is 0.276 e. The first-order valence-electron chi connectivity index (χ1n) is 10.5. The molecule has 0 spiro atoms. The van der Waals surface area contributed by atoms with Crippen LogP contribution in [0.5, 0.6) is 5.75 Å². The number of carbonyl (C=O) groups is 2. The predicted molar refractivity (Wildman–Crippen MR) is 117 cm³/mol. The SMILES string of the molecule is CCc1ccccc1OCC(=O)NNC(=O)CCN1CCN(c2ccccc2)CC1. The van der Waals surface area contributed by atoms with Crippen LogP contribution < -0.4 is 20.5 Å². The number of carbonyl (C=O) groups excluding carboxylic acids is 2. The van der Waals surface area contributed by atoms with Crippen LogP contribution in [0.15, 0.2) is 54.6 Å². The number of para-hydroxylation sites is 2. The Morgan fingerprint density at radius 2 is 1.57 bits per heavy atom. The molecule has 1 aliphatic rings. The molecule has 0 atom stereocenters. The lowest BCUT2D eigenvalue weighted by Crippen LogP contribution is -2.48. The van der Waals surface area contributed by atoms with Crippen molar-refractivity contribution in [1.82, 2.24) is 15.8 Å². The number of amides is 2. The van der Waals surface area contributed by atoms with Gasteiger partial charge in [-0.05, 0) is 30.2 Å². The predicted octanol–water partition coefficient (Wildman–Crippen LogP) is 1.99. The van der Waals surface area contributed by atoms with Crippen molar-refractivity contribution in [3.63, 3.8) is 0 Å². The van der Waals surface area contributed by atoms with Gasteiger partial charge < -0.3 is 9.64 Å². The molecule has 160 valence electrons. The Bertz CT molecular complexity index is 820. The van der Waals surface area contributed by atoms with Crippen molar-refractivity contribution in [3.05, 3.63) is 60.2 Å². The van der Waals surface area contributed by atoms with E-state index >= 15 is 0 Å². The summed E-state index contributed by atoms with van der Waals surface area (Å²) in [5.74, 6) is 0.102. The average Bonchev–Trinajstić information content (AvgIpc) is 2.81. The largest absolute Gasteiger partial charge is 0.483 e. The molecule has 1 fully saturated rings. The maximum atomic E-state index is 12.0. The third-order valence-electron chi connectivity index (χ3n) is 5.20. The summed E-state index contributed by atoms with van der Waals surface area (Å²) in [6.45, 7) is 6.28. The van der Waals surface area contributed by atoms with Gasteiger partial charge in [0.05, 0.1) is 0 Å². The van der Waals surface area contributed by atoms with Gasteiger partial charge in [0.25, 0.3) is 5.91 Å². The molecule has 0 aromatic heterocycles. The number of ether oxygens (including phenoxy) is 1. The number of anilines is 1. The number of rotatable bonds is 8. The molecule has 7 nitrogen and oxygen atoms in total. The average molecular weight is 411 g/mol. The summed E-state index contributed by atoms with van der Waals surface area (Å²) in [5, 5.41) is 0. The highest BCUT2D eigenvalue weighted by Gasteiger charge is 2.17. The first kappa shape index (κ1) is 21.6. The van der Waals surface area contributed by atoms with E-state index in [-0.39, 0.29) is 18.4 Å². The molecule has 30 heavy (non-hydrogen) atoms. The van der Waals surface area contributed by atoms with Gasteiger partial charge in [0.2, 0.25) is 5.91 Å². The standard InChI is InChI=1S/C23H30N4O3/c1-2-19-8-6-7-11-21(19)30-18-23(29)25-24-22(28)12-13-26-14-16-27(17-15-26)20-9-4-3-5-10-20/h3-11H,2,12-18H2,1H3,(H,24,28)(H,25,29). The Kier molecular flexibility index (Phi) is 8.09. The van der Waals surface area contributed by atoms with Crippen LogP contribution in [0.25, 0.3) is 0 Å². The van der Waals surface area contributed by atoms with Crippen LogP contribution >= 0.6 is 0 Å². The molecule has 1 heterocycles. The van der Waals surface area contributed by atoms with Crippen molar-refractivity contribution in [1.29, 1.82) is 0 Å². The van der Waals surface area contributed by atoms with Gasteiger partial charge in [-0.3, -0.25) is 25.3 Å². The lowest BCUT2D eigenvalue weighted by Gasteiger charge is -2.36. The minimum Gasteiger partial charge on any atom is -0.483 e. The van der Waals surface area contributed by atoms with Crippen LogP contribution in [-0.4, -0.2) is 56.0 Å². The monoisotopic (exact) mass is 410 g/mol. The fourth-order valence-corrected chi connectivity index (χ4v) is 3.45. The van der Waals surface area contributed by atoms with Gasteiger partial charge in [0.1, 0.15) is 5.75 Å². The van der Waals surface area contributed by atoms with Crippen molar-refractivity contribution in [2.75, 3.05) is 44.2 Å². The van der Waals surface area contributed by atoms with Gasteiger partial charge in [-0.1, -0.05) is 43.3 Å². The van der Waals surface area contributed by atoms with Crippen molar-refractivity contribution in [2.24, 2.45) is 0 Å². The first-order valence-corrected chi connectivity index (χ1v) is 10.5. The van der Waals surface area contributed by atoms with E-state index in [0.29, 0.717) is 18.7 Å². The number of aryl methyl sites for hydroxylation is 1. The molecule has 0 bridgehead atoms. The summed E-state index contributed by atoms with van der Waals surface area (Å²) < 4.78 is 5.55. The van der Waals surface area contributed by atoms with Crippen molar-refractivity contribution >= 4 is 17.5 Å². The number of nitrogens with one attached hydrogen (secondary N) is 2. The van der Waals surface area contributed by atoms with Gasteiger partial charge in [-0.25, -0.2) is 0 Å². The highest BCUT2D eigenvalue weighted by molar-refractivity contribution is 5.82. The fourth-order valence-electron chi connectivity index (χ4n) is 3.45. The molecular weight excluding hydrogens is 380 g/mol. The molecule has 0 aliphatic carbocycles. The Morgan fingerprint density at radius 1 is 0.900 bits per heavy atom. The summed E-state index contributed by atoms with van der Waals surface area (Å²) in [5.41, 5.74) is 7.16. The van der Waals surface area contributed by atoms with E-state index in [4.69, 9.17) is 4.74 Å². The van der Waals surface area contributed by atoms with E-state index in [9.17, 15) is 9.59 Å². The molecule has 0 unspecified atom stereocenters. The van der Waals surface area contributed by atoms with Crippen LogP contribution in [0.3, 0.4) is 0 Å².